The summed E-state index contributed by atoms with van der Waals surface area (Å²) >= 11 is 0. The third kappa shape index (κ3) is 2.82. The Kier molecular flexibility index (Phi) is 4.35. The molecular weight excluding hydrogens is 226 g/mol. The fraction of sp³-hybridized carbons (Fsp3) is 0.786. The molecule has 0 unspecified atom stereocenters. The molecule has 4 heteroatoms. The number of hydrogen-bond donors (Lipinski definition) is 0. The molecule has 0 radical (unpaired) electrons. The molecule has 1 saturated heterocycles. The van der Waals surface area contributed by atoms with E-state index in [1.807, 2.05) is 6.07 Å². The zero-order chi connectivity index (χ0) is 13.8. The smallest absolute Gasteiger partial charge is 0.236 e. The molecule has 0 bridgehead atoms. The second-order valence-corrected chi connectivity index (χ2v) is 6.08. The van der Waals surface area contributed by atoms with Crippen LogP contribution in [0.25, 0.3) is 0 Å². The van der Waals surface area contributed by atoms with Crippen molar-refractivity contribution >= 4 is 5.91 Å². The Bertz CT molecular complexity index is 387. The first-order valence-electron chi connectivity index (χ1n) is 6.38. The second-order valence-electron chi connectivity index (χ2n) is 6.08. The highest BCUT2D eigenvalue weighted by atomic mass is 16.2. The molecule has 1 aliphatic rings. The lowest BCUT2D eigenvalue weighted by Gasteiger charge is -2.49. The Morgan fingerprint density at radius 3 is 2.17 bits per heavy atom. The minimum atomic E-state index is -0.0861. The van der Waals surface area contributed by atoms with Crippen LogP contribution in [-0.4, -0.2) is 23.9 Å². The molecule has 0 aromatic carbocycles. The topological polar surface area (TPSA) is 67.9 Å². The van der Waals surface area contributed by atoms with Crippen molar-refractivity contribution in [3.8, 4) is 12.1 Å². The number of nitriles is 2. The fourth-order valence-electron chi connectivity index (χ4n) is 2.71. The van der Waals surface area contributed by atoms with Crippen LogP contribution >= 0.6 is 0 Å². The van der Waals surface area contributed by atoms with Gasteiger partial charge in [-0.1, -0.05) is 20.8 Å². The number of hydrogen-bond acceptors (Lipinski definition) is 3. The van der Waals surface area contributed by atoms with Gasteiger partial charge < -0.3 is 4.90 Å². The van der Waals surface area contributed by atoms with Gasteiger partial charge >= 0.3 is 0 Å². The minimum Gasteiger partial charge on any atom is -0.342 e. The van der Waals surface area contributed by atoms with Gasteiger partial charge in [0.25, 0.3) is 0 Å². The maximum absolute atomic E-state index is 11.7. The van der Waals surface area contributed by atoms with Crippen molar-refractivity contribution in [2.24, 2.45) is 10.8 Å². The summed E-state index contributed by atoms with van der Waals surface area (Å²) in [6.45, 7) is 7.82. The van der Waals surface area contributed by atoms with Crippen LogP contribution in [0.5, 0.6) is 0 Å². The molecule has 1 fully saturated rings. The van der Waals surface area contributed by atoms with Crippen LogP contribution in [0, 0.1) is 33.5 Å². The van der Waals surface area contributed by atoms with Gasteiger partial charge in [0, 0.05) is 19.5 Å². The van der Waals surface area contributed by atoms with Crippen molar-refractivity contribution in [1.29, 1.82) is 10.5 Å². The van der Waals surface area contributed by atoms with E-state index >= 15 is 0 Å². The summed E-state index contributed by atoms with van der Waals surface area (Å²) in [6.07, 6.45) is 2.19. The zero-order valence-corrected chi connectivity index (χ0v) is 11.5. The average molecular weight is 247 g/mol. The highest BCUT2D eigenvalue weighted by molar-refractivity contribution is 5.78. The van der Waals surface area contributed by atoms with Gasteiger partial charge in [-0.2, -0.15) is 10.5 Å². The molecule has 18 heavy (non-hydrogen) atoms. The summed E-state index contributed by atoms with van der Waals surface area (Å²) in [5, 5.41) is 17.6. The summed E-state index contributed by atoms with van der Waals surface area (Å²) in [5.41, 5.74) is 0.0538. The molecule has 4 nitrogen and oxygen atoms in total. The van der Waals surface area contributed by atoms with Gasteiger partial charge in [0.1, 0.15) is 6.42 Å². The lowest BCUT2D eigenvalue weighted by molar-refractivity contribution is -0.133. The van der Waals surface area contributed by atoms with Crippen molar-refractivity contribution in [2.75, 3.05) is 13.1 Å². The molecular formula is C14H21N3O. The van der Waals surface area contributed by atoms with Crippen molar-refractivity contribution in [3.63, 3.8) is 0 Å². The van der Waals surface area contributed by atoms with Crippen molar-refractivity contribution in [1.82, 2.24) is 4.90 Å². The van der Waals surface area contributed by atoms with Crippen LogP contribution in [0.15, 0.2) is 0 Å². The number of amides is 1. The van der Waals surface area contributed by atoms with Gasteiger partial charge in [0.2, 0.25) is 5.91 Å². The molecule has 0 aliphatic carbocycles. The van der Waals surface area contributed by atoms with Gasteiger partial charge in [-0.25, -0.2) is 0 Å². The zero-order valence-electron chi connectivity index (χ0n) is 11.5. The maximum Gasteiger partial charge on any atom is 0.236 e. The summed E-state index contributed by atoms with van der Waals surface area (Å²) < 4.78 is 0. The number of rotatable bonds is 2. The fourth-order valence-corrected chi connectivity index (χ4v) is 2.71. The van der Waals surface area contributed by atoms with Crippen LogP contribution < -0.4 is 0 Å². The average Bonchev–Trinajstić information content (AvgIpc) is 2.29. The van der Waals surface area contributed by atoms with Crippen LogP contribution in [-0.2, 0) is 4.79 Å². The quantitative estimate of drug-likeness (QED) is 0.752. The number of carbonyl (C=O) groups excluding carboxylic acids is 1. The Hall–Kier alpha value is -1.55. The number of nitrogens with zero attached hydrogens (tertiary/aromatic N) is 3. The molecule has 0 N–H and O–H groups in total. The van der Waals surface area contributed by atoms with Gasteiger partial charge in [0.05, 0.1) is 12.1 Å². The molecule has 1 rings (SSSR count). The van der Waals surface area contributed by atoms with E-state index < -0.39 is 0 Å². The van der Waals surface area contributed by atoms with E-state index in [2.05, 4.69) is 26.8 Å². The van der Waals surface area contributed by atoms with Crippen molar-refractivity contribution < 1.29 is 4.79 Å². The lowest BCUT2D eigenvalue weighted by Crippen LogP contribution is -2.48. The van der Waals surface area contributed by atoms with E-state index in [-0.39, 0.29) is 23.2 Å². The summed E-state index contributed by atoms with van der Waals surface area (Å²) in [6, 6.07) is 4.20. The van der Waals surface area contributed by atoms with Crippen LogP contribution in [0.3, 0.4) is 0 Å². The number of piperidine rings is 1. The van der Waals surface area contributed by atoms with E-state index in [1.54, 1.807) is 4.90 Å². The van der Waals surface area contributed by atoms with Gasteiger partial charge in [0.15, 0.2) is 0 Å². The first-order valence-corrected chi connectivity index (χ1v) is 6.38. The monoisotopic (exact) mass is 247 g/mol. The molecule has 1 aliphatic heterocycles. The highest BCUT2D eigenvalue weighted by Crippen LogP contribution is 2.49. The standard InChI is InChI=1S/C14H21N3O/c1-13(2,3)14(5-9-16)6-10-17(11-7-14)12(18)4-8-15/h4-7,10-11H2,1-3H3. The third-order valence-corrected chi connectivity index (χ3v) is 4.31. The van der Waals surface area contributed by atoms with E-state index in [9.17, 15) is 4.79 Å². The van der Waals surface area contributed by atoms with E-state index in [0.29, 0.717) is 19.5 Å². The predicted molar refractivity (Wildman–Crippen MR) is 68.2 cm³/mol. The largest absolute Gasteiger partial charge is 0.342 e. The maximum atomic E-state index is 11.7. The summed E-state index contributed by atoms with van der Waals surface area (Å²) in [4.78, 5) is 13.4. The van der Waals surface area contributed by atoms with E-state index in [4.69, 9.17) is 10.5 Å². The van der Waals surface area contributed by atoms with E-state index in [0.717, 1.165) is 12.8 Å². The van der Waals surface area contributed by atoms with Gasteiger partial charge in [-0.15, -0.1) is 0 Å². The minimum absolute atomic E-state index is 0.00876. The highest BCUT2D eigenvalue weighted by Gasteiger charge is 2.44. The normalized spacial score (nSPS) is 18.8. The van der Waals surface area contributed by atoms with Gasteiger partial charge in [-0.3, -0.25) is 4.79 Å². The number of carbonyl (C=O) groups is 1. The first-order chi connectivity index (χ1) is 8.36. The van der Waals surface area contributed by atoms with Gasteiger partial charge in [-0.05, 0) is 23.7 Å². The Morgan fingerprint density at radius 1 is 1.22 bits per heavy atom. The Labute approximate surface area is 109 Å². The molecule has 0 spiro atoms. The molecule has 1 heterocycles. The van der Waals surface area contributed by atoms with Crippen LogP contribution in [0.4, 0.5) is 0 Å². The Morgan fingerprint density at radius 2 is 1.78 bits per heavy atom. The third-order valence-electron chi connectivity index (χ3n) is 4.31. The lowest BCUT2D eigenvalue weighted by atomic mass is 9.60. The summed E-state index contributed by atoms with van der Waals surface area (Å²) in [5.74, 6) is -0.0861. The van der Waals surface area contributed by atoms with Crippen LogP contribution in [0.2, 0.25) is 0 Å². The molecule has 0 aromatic rings. The molecule has 0 aromatic heterocycles. The molecule has 0 saturated carbocycles. The van der Waals surface area contributed by atoms with Crippen molar-refractivity contribution in [3.05, 3.63) is 0 Å². The molecule has 1 amide bonds. The molecule has 0 atom stereocenters. The second kappa shape index (κ2) is 5.40. The van der Waals surface area contributed by atoms with Crippen molar-refractivity contribution in [2.45, 2.75) is 46.5 Å². The summed E-state index contributed by atoms with van der Waals surface area (Å²) in [7, 11) is 0. The SMILES string of the molecule is CC(C)(C)C1(CC#N)CCN(C(=O)CC#N)CC1. The molecule has 98 valence electrons. The first kappa shape index (κ1) is 14.5. The predicted octanol–water partition coefficient (Wildman–Crippen LogP) is 2.47. The number of likely N-dealkylation sites (tertiary alicyclic amines) is 1. The van der Waals surface area contributed by atoms with E-state index in [1.165, 1.54) is 0 Å². The van der Waals surface area contributed by atoms with Crippen LogP contribution in [0.1, 0.15) is 46.5 Å². The Balaban J connectivity index is 2.74.